The summed E-state index contributed by atoms with van der Waals surface area (Å²) in [5, 5.41) is 3.08. The molecule has 4 nitrogen and oxygen atoms in total. The SMILES string of the molecule is COc1cc(N)ccc1C(=O)NC1CCCC1C. The fourth-order valence-electron chi connectivity index (χ4n) is 2.50. The Bertz CT molecular complexity index is 445. The highest BCUT2D eigenvalue weighted by molar-refractivity contribution is 5.97. The average Bonchev–Trinajstić information content (AvgIpc) is 2.74. The number of amides is 1. The molecule has 18 heavy (non-hydrogen) atoms. The van der Waals surface area contributed by atoms with Crippen molar-refractivity contribution in [1.29, 1.82) is 0 Å². The Kier molecular flexibility index (Phi) is 3.75. The minimum atomic E-state index is -0.0781. The topological polar surface area (TPSA) is 64.3 Å². The van der Waals surface area contributed by atoms with Crippen molar-refractivity contribution in [3.05, 3.63) is 23.8 Å². The number of ether oxygens (including phenoxy) is 1. The Morgan fingerprint density at radius 1 is 1.44 bits per heavy atom. The van der Waals surface area contributed by atoms with Gasteiger partial charge in [0.2, 0.25) is 0 Å². The van der Waals surface area contributed by atoms with Crippen molar-refractivity contribution >= 4 is 11.6 Å². The zero-order valence-corrected chi connectivity index (χ0v) is 10.9. The summed E-state index contributed by atoms with van der Waals surface area (Å²) in [6.45, 7) is 2.18. The van der Waals surface area contributed by atoms with Gasteiger partial charge in [-0.1, -0.05) is 13.3 Å². The van der Waals surface area contributed by atoms with Crippen LogP contribution in [0.25, 0.3) is 0 Å². The van der Waals surface area contributed by atoms with Gasteiger partial charge >= 0.3 is 0 Å². The van der Waals surface area contributed by atoms with Gasteiger partial charge < -0.3 is 15.8 Å². The molecule has 0 heterocycles. The largest absolute Gasteiger partial charge is 0.496 e. The summed E-state index contributed by atoms with van der Waals surface area (Å²) in [6, 6.07) is 5.38. The molecule has 0 saturated heterocycles. The first-order valence-corrected chi connectivity index (χ1v) is 6.36. The van der Waals surface area contributed by atoms with Gasteiger partial charge in [0, 0.05) is 17.8 Å². The van der Waals surface area contributed by atoms with Crippen LogP contribution < -0.4 is 15.8 Å². The Morgan fingerprint density at radius 2 is 2.22 bits per heavy atom. The zero-order chi connectivity index (χ0) is 13.1. The molecule has 0 aromatic heterocycles. The van der Waals surface area contributed by atoms with Gasteiger partial charge in [0.15, 0.2) is 0 Å². The van der Waals surface area contributed by atoms with E-state index in [-0.39, 0.29) is 11.9 Å². The fraction of sp³-hybridized carbons (Fsp3) is 0.500. The summed E-state index contributed by atoms with van der Waals surface area (Å²) in [6.07, 6.45) is 3.43. The molecule has 2 atom stereocenters. The number of benzene rings is 1. The third-order valence-corrected chi connectivity index (χ3v) is 3.65. The predicted molar refractivity (Wildman–Crippen MR) is 71.7 cm³/mol. The minimum absolute atomic E-state index is 0.0781. The first-order valence-electron chi connectivity index (χ1n) is 6.36. The monoisotopic (exact) mass is 248 g/mol. The lowest BCUT2D eigenvalue weighted by Crippen LogP contribution is -2.36. The summed E-state index contributed by atoms with van der Waals surface area (Å²) in [5.74, 6) is 0.998. The Balaban J connectivity index is 2.13. The van der Waals surface area contributed by atoms with Gasteiger partial charge in [-0.2, -0.15) is 0 Å². The van der Waals surface area contributed by atoms with Gasteiger partial charge in [-0.25, -0.2) is 0 Å². The van der Waals surface area contributed by atoms with Crippen LogP contribution in [0.2, 0.25) is 0 Å². The molecule has 1 aliphatic rings. The molecule has 3 N–H and O–H groups in total. The number of nitrogens with two attached hydrogens (primary N) is 1. The quantitative estimate of drug-likeness (QED) is 0.806. The van der Waals surface area contributed by atoms with E-state index >= 15 is 0 Å². The van der Waals surface area contributed by atoms with E-state index in [0.29, 0.717) is 22.9 Å². The maximum atomic E-state index is 12.2. The van der Waals surface area contributed by atoms with E-state index < -0.39 is 0 Å². The summed E-state index contributed by atoms with van der Waals surface area (Å²) < 4.78 is 5.20. The van der Waals surface area contributed by atoms with Crippen molar-refractivity contribution in [3.63, 3.8) is 0 Å². The number of hydrogen-bond acceptors (Lipinski definition) is 3. The predicted octanol–water partition coefficient (Wildman–Crippen LogP) is 2.20. The lowest BCUT2D eigenvalue weighted by Gasteiger charge is -2.18. The van der Waals surface area contributed by atoms with Crippen LogP contribution >= 0.6 is 0 Å². The van der Waals surface area contributed by atoms with E-state index in [1.807, 2.05) is 0 Å². The Morgan fingerprint density at radius 3 is 2.83 bits per heavy atom. The van der Waals surface area contributed by atoms with Crippen molar-refractivity contribution < 1.29 is 9.53 Å². The van der Waals surface area contributed by atoms with Crippen molar-refractivity contribution in [2.45, 2.75) is 32.2 Å². The maximum absolute atomic E-state index is 12.2. The van der Waals surface area contributed by atoms with Crippen LogP contribution in [0.5, 0.6) is 5.75 Å². The molecule has 1 fully saturated rings. The van der Waals surface area contributed by atoms with E-state index in [0.717, 1.165) is 6.42 Å². The highest BCUT2D eigenvalue weighted by atomic mass is 16.5. The molecule has 0 bridgehead atoms. The third kappa shape index (κ3) is 2.58. The fourth-order valence-corrected chi connectivity index (χ4v) is 2.50. The Labute approximate surface area is 108 Å². The zero-order valence-electron chi connectivity index (χ0n) is 10.9. The number of carbonyl (C=O) groups is 1. The smallest absolute Gasteiger partial charge is 0.255 e. The summed E-state index contributed by atoms with van der Waals surface area (Å²) >= 11 is 0. The molecule has 98 valence electrons. The van der Waals surface area contributed by atoms with Crippen LogP contribution in [0.3, 0.4) is 0 Å². The molecule has 2 unspecified atom stereocenters. The first kappa shape index (κ1) is 12.7. The lowest BCUT2D eigenvalue weighted by molar-refractivity contribution is 0.0926. The van der Waals surface area contributed by atoms with Crippen LogP contribution in [-0.2, 0) is 0 Å². The molecule has 0 radical (unpaired) electrons. The van der Waals surface area contributed by atoms with Crippen LogP contribution in [0.4, 0.5) is 5.69 Å². The highest BCUT2D eigenvalue weighted by Gasteiger charge is 2.26. The number of hydrogen-bond donors (Lipinski definition) is 2. The van der Waals surface area contributed by atoms with Gasteiger partial charge in [0.1, 0.15) is 5.75 Å². The number of nitrogens with one attached hydrogen (secondary N) is 1. The van der Waals surface area contributed by atoms with Gasteiger partial charge in [0.25, 0.3) is 5.91 Å². The normalized spacial score (nSPS) is 22.8. The van der Waals surface area contributed by atoms with Gasteiger partial charge in [-0.3, -0.25) is 4.79 Å². The lowest BCUT2D eigenvalue weighted by atomic mass is 10.1. The molecular weight excluding hydrogens is 228 g/mol. The number of nitrogen functional groups attached to an aromatic ring is 1. The molecule has 0 spiro atoms. The third-order valence-electron chi connectivity index (χ3n) is 3.65. The second-order valence-corrected chi connectivity index (χ2v) is 4.95. The molecule has 1 aromatic rings. The summed E-state index contributed by atoms with van der Waals surface area (Å²) in [5.41, 5.74) is 6.82. The van der Waals surface area contributed by atoms with E-state index in [1.165, 1.54) is 12.8 Å². The van der Waals surface area contributed by atoms with E-state index in [9.17, 15) is 4.79 Å². The number of anilines is 1. The molecule has 0 aliphatic heterocycles. The molecule has 1 saturated carbocycles. The molecule has 2 rings (SSSR count). The van der Waals surface area contributed by atoms with Crippen LogP contribution in [-0.4, -0.2) is 19.1 Å². The summed E-state index contributed by atoms with van der Waals surface area (Å²) in [7, 11) is 1.55. The Hall–Kier alpha value is -1.71. The maximum Gasteiger partial charge on any atom is 0.255 e. The van der Waals surface area contributed by atoms with Crippen molar-refractivity contribution in [1.82, 2.24) is 5.32 Å². The molecule has 1 aliphatic carbocycles. The van der Waals surface area contributed by atoms with Crippen LogP contribution in [0.1, 0.15) is 36.5 Å². The molecule has 1 aromatic carbocycles. The highest BCUT2D eigenvalue weighted by Crippen LogP contribution is 2.26. The summed E-state index contributed by atoms with van der Waals surface area (Å²) in [4.78, 5) is 12.2. The van der Waals surface area contributed by atoms with E-state index in [1.54, 1.807) is 25.3 Å². The second-order valence-electron chi connectivity index (χ2n) is 4.95. The van der Waals surface area contributed by atoms with E-state index in [4.69, 9.17) is 10.5 Å². The van der Waals surface area contributed by atoms with Crippen molar-refractivity contribution in [2.24, 2.45) is 5.92 Å². The molecule has 1 amide bonds. The molecule has 4 heteroatoms. The number of rotatable bonds is 3. The van der Waals surface area contributed by atoms with Crippen molar-refractivity contribution in [2.75, 3.05) is 12.8 Å². The van der Waals surface area contributed by atoms with E-state index in [2.05, 4.69) is 12.2 Å². The minimum Gasteiger partial charge on any atom is -0.496 e. The number of methoxy groups -OCH3 is 1. The average molecular weight is 248 g/mol. The first-order chi connectivity index (χ1) is 8.61. The number of carbonyl (C=O) groups excluding carboxylic acids is 1. The standard InChI is InChI=1S/C14H20N2O2/c1-9-4-3-5-12(9)16-14(17)11-7-6-10(15)8-13(11)18-2/h6-9,12H,3-5,15H2,1-2H3,(H,16,17). The van der Waals surface area contributed by atoms with Crippen molar-refractivity contribution in [3.8, 4) is 5.75 Å². The second kappa shape index (κ2) is 5.29. The van der Waals surface area contributed by atoms with Crippen LogP contribution in [0.15, 0.2) is 18.2 Å². The molecular formula is C14H20N2O2. The van der Waals surface area contributed by atoms with Gasteiger partial charge in [-0.15, -0.1) is 0 Å². The van der Waals surface area contributed by atoms with Gasteiger partial charge in [-0.05, 0) is 30.9 Å². The van der Waals surface area contributed by atoms with Crippen LogP contribution in [0, 0.1) is 5.92 Å². The van der Waals surface area contributed by atoms with Gasteiger partial charge in [0.05, 0.1) is 12.7 Å².